The number of aliphatic carboxylic acids is 1. The van der Waals surface area contributed by atoms with Crippen LogP contribution in [-0.2, 0) is 14.9 Å². The molecule has 6 nitrogen and oxygen atoms in total. The number of rotatable bonds is 6. The lowest BCUT2D eigenvalue weighted by Crippen LogP contribution is -2.49. The molecule has 1 fully saturated rings. The number of amides is 2. The van der Waals surface area contributed by atoms with Crippen molar-refractivity contribution in [1.29, 1.82) is 0 Å². The number of nitrogens with zero attached hydrogens (tertiary/aromatic N) is 1. The van der Waals surface area contributed by atoms with Gasteiger partial charge in [-0.15, -0.1) is 0 Å². The zero-order chi connectivity index (χ0) is 18.4. The van der Waals surface area contributed by atoms with E-state index < -0.39 is 11.9 Å². The van der Waals surface area contributed by atoms with E-state index in [1.807, 2.05) is 12.1 Å². The molecular formula is C19H28N2O4. The number of benzene rings is 1. The first-order valence-corrected chi connectivity index (χ1v) is 8.71. The molecule has 1 aliphatic heterocycles. The summed E-state index contributed by atoms with van der Waals surface area (Å²) in [5.41, 5.74) is 2.32. The van der Waals surface area contributed by atoms with E-state index in [-0.39, 0.29) is 18.0 Å². The van der Waals surface area contributed by atoms with E-state index in [1.54, 1.807) is 14.0 Å². The summed E-state index contributed by atoms with van der Waals surface area (Å²) in [6.45, 7) is 5.74. The van der Waals surface area contributed by atoms with Gasteiger partial charge in [-0.1, -0.05) is 31.2 Å². The molecule has 1 atom stereocenters. The minimum absolute atomic E-state index is 0.140. The normalized spacial score (nSPS) is 17.6. The standard InChI is InChI=1S/C19H28N2O4/c1-14-6-4-5-7-16(14)19(8-10-25-11-9-19)13-20-18(24)21(3)12-15(2)17(22)23/h4-7,15H,8-13H2,1-3H3,(H,20,24)(H,22,23). The van der Waals surface area contributed by atoms with Crippen LogP contribution < -0.4 is 5.32 Å². The first-order chi connectivity index (χ1) is 11.9. The third kappa shape index (κ3) is 4.72. The summed E-state index contributed by atoms with van der Waals surface area (Å²) >= 11 is 0. The zero-order valence-electron chi connectivity index (χ0n) is 15.2. The van der Waals surface area contributed by atoms with Crippen molar-refractivity contribution in [2.75, 3.05) is 33.4 Å². The molecule has 1 aliphatic rings. The molecule has 6 heteroatoms. The molecule has 2 rings (SSSR count). The average molecular weight is 348 g/mol. The molecular weight excluding hydrogens is 320 g/mol. The van der Waals surface area contributed by atoms with E-state index in [0.717, 1.165) is 12.8 Å². The molecule has 25 heavy (non-hydrogen) atoms. The molecule has 1 unspecified atom stereocenters. The Bertz CT molecular complexity index is 611. The van der Waals surface area contributed by atoms with Crippen molar-refractivity contribution in [3.8, 4) is 0 Å². The van der Waals surface area contributed by atoms with Gasteiger partial charge < -0.3 is 20.1 Å². The monoisotopic (exact) mass is 348 g/mol. The number of carbonyl (C=O) groups excluding carboxylic acids is 1. The molecule has 2 N–H and O–H groups in total. The quantitative estimate of drug-likeness (QED) is 0.827. The maximum Gasteiger partial charge on any atom is 0.317 e. The van der Waals surface area contributed by atoms with Crippen LogP contribution in [0.4, 0.5) is 4.79 Å². The molecule has 138 valence electrons. The van der Waals surface area contributed by atoms with Crippen molar-refractivity contribution in [3.05, 3.63) is 35.4 Å². The first kappa shape index (κ1) is 19.2. The minimum atomic E-state index is -0.902. The molecule has 0 radical (unpaired) electrons. The second kappa shape index (κ2) is 8.34. The molecule has 1 saturated heterocycles. The zero-order valence-corrected chi connectivity index (χ0v) is 15.2. The number of hydrogen-bond acceptors (Lipinski definition) is 3. The highest BCUT2D eigenvalue weighted by atomic mass is 16.5. The van der Waals surface area contributed by atoms with E-state index in [1.165, 1.54) is 16.0 Å². The summed E-state index contributed by atoms with van der Waals surface area (Å²) in [7, 11) is 1.62. The molecule has 0 spiro atoms. The number of carboxylic acid groups (broad SMARTS) is 1. The Kier molecular flexibility index (Phi) is 6.42. The average Bonchev–Trinajstić information content (AvgIpc) is 2.60. The number of aryl methyl sites for hydroxylation is 1. The molecule has 0 aliphatic carbocycles. The van der Waals surface area contributed by atoms with Gasteiger partial charge in [0.25, 0.3) is 0 Å². The number of carbonyl (C=O) groups is 2. The lowest BCUT2D eigenvalue weighted by molar-refractivity contribution is -0.141. The fraction of sp³-hybridized carbons (Fsp3) is 0.579. The summed E-state index contributed by atoms with van der Waals surface area (Å²) in [4.78, 5) is 24.8. The predicted molar refractivity (Wildman–Crippen MR) is 95.7 cm³/mol. The van der Waals surface area contributed by atoms with E-state index in [4.69, 9.17) is 9.84 Å². The van der Waals surface area contributed by atoms with Gasteiger partial charge >= 0.3 is 12.0 Å². The second-order valence-electron chi connectivity index (χ2n) is 6.99. The van der Waals surface area contributed by atoms with Gasteiger partial charge in [-0.25, -0.2) is 4.79 Å². The van der Waals surface area contributed by atoms with Gasteiger partial charge in [0.05, 0.1) is 5.92 Å². The van der Waals surface area contributed by atoms with Crippen molar-refractivity contribution in [2.24, 2.45) is 5.92 Å². The van der Waals surface area contributed by atoms with Crippen LogP contribution >= 0.6 is 0 Å². The Morgan fingerprint density at radius 3 is 2.56 bits per heavy atom. The number of nitrogens with one attached hydrogen (secondary N) is 1. The Morgan fingerprint density at radius 2 is 1.96 bits per heavy atom. The number of ether oxygens (including phenoxy) is 1. The highest BCUT2D eigenvalue weighted by Gasteiger charge is 2.36. The van der Waals surface area contributed by atoms with Gasteiger partial charge in [-0.3, -0.25) is 4.79 Å². The van der Waals surface area contributed by atoms with E-state index >= 15 is 0 Å². The first-order valence-electron chi connectivity index (χ1n) is 8.71. The van der Waals surface area contributed by atoms with Crippen molar-refractivity contribution in [3.63, 3.8) is 0 Å². The third-order valence-corrected chi connectivity index (χ3v) is 5.06. The Labute approximate surface area is 149 Å². The number of hydrogen-bond donors (Lipinski definition) is 2. The third-order valence-electron chi connectivity index (χ3n) is 5.06. The summed E-state index contributed by atoms with van der Waals surface area (Å²) in [5.74, 6) is -1.50. The van der Waals surface area contributed by atoms with Crippen molar-refractivity contribution in [1.82, 2.24) is 10.2 Å². The fourth-order valence-electron chi connectivity index (χ4n) is 3.42. The van der Waals surface area contributed by atoms with Crippen molar-refractivity contribution in [2.45, 2.75) is 32.1 Å². The van der Waals surface area contributed by atoms with Crippen LogP contribution in [0.15, 0.2) is 24.3 Å². The van der Waals surface area contributed by atoms with Crippen LogP contribution in [0.5, 0.6) is 0 Å². The highest BCUT2D eigenvalue weighted by molar-refractivity contribution is 5.75. The van der Waals surface area contributed by atoms with Gasteiger partial charge in [-0.2, -0.15) is 0 Å². The van der Waals surface area contributed by atoms with Gasteiger partial charge in [0.15, 0.2) is 0 Å². The van der Waals surface area contributed by atoms with Crippen LogP contribution in [0, 0.1) is 12.8 Å². The number of urea groups is 1. The predicted octanol–water partition coefficient (Wildman–Crippen LogP) is 2.41. The fourth-order valence-corrected chi connectivity index (χ4v) is 3.42. The van der Waals surface area contributed by atoms with Gasteiger partial charge in [0.2, 0.25) is 0 Å². The van der Waals surface area contributed by atoms with Crippen LogP contribution in [0.3, 0.4) is 0 Å². The molecule has 1 aromatic carbocycles. The smallest absolute Gasteiger partial charge is 0.317 e. The molecule has 1 aromatic rings. The topological polar surface area (TPSA) is 78.9 Å². The van der Waals surface area contributed by atoms with Crippen LogP contribution in [0.25, 0.3) is 0 Å². The second-order valence-corrected chi connectivity index (χ2v) is 6.99. The maximum absolute atomic E-state index is 12.4. The van der Waals surface area contributed by atoms with Gasteiger partial charge in [-0.05, 0) is 30.9 Å². The molecule has 2 amide bonds. The summed E-state index contributed by atoms with van der Waals surface area (Å²) in [6.07, 6.45) is 1.71. The summed E-state index contributed by atoms with van der Waals surface area (Å²) in [6, 6.07) is 8.03. The lowest BCUT2D eigenvalue weighted by atomic mass is 9.72. The maximum atomic E-state index is 12.4. The van der Waals surface area contributed by atoms with Crippen molar-refractivity contribution >= 4 is 12.0 Å². The lowest BCUT2D eigenvalue weighted by Gasteiger charge is -2.39. The van der Waals surface area contributed by atoms with E-state index in [2.05, 4.69) is 24.4 Å². The van der Waals surface area contributed by atoms with Crippen LogP contribution in [0.1, 0.15) is 30.9 Å². The molecule has 0 saturated carbocycles. The molecule has 0 bridgehead atoms. The largest absolute Gasteiger partial charge is 0.481 e. The van der Waals surface area contributed by atoms with Crippen LogP contribution in [-0.4, -0.2) is 55.4 Å². The summed E-state index contributed by atoms with van der Waals surface area (Å²) < 4.78 is 5.53. The van der Waals surface area contributed by atoms with E-state index in [0.29, 0.717) is 19.8 Å². The van der Waals surface area contributed by atoms with Crippen molar-refractivity contribution < 1.29 is 19.4 Å². The highest BCUT2D eigenvalue weighted by Crippen LogP contribution is 2.36. The van der Waals surface area contributed by atoms with Gasteiger partial charge in [0, 0.05) is 38.8 Å². The molecule has 0 aromatic heterocycles. The molecule has 1 heterocycles. The summed E-state index contributed by atoms with van der Waals surface area (Å²) in [5, 5.41) is 12.0. The Hall–Kier alpha value is -2.08. The Balaban J connectivity index is 2.07. The SMILES string of the molecule is Cc1ccccc1C1(CNC(=O)N(C)CC(C)C(=O)O)CCOCC1. The Morgan fingerprint density at radius 1 is 1.32 bits per heavy atom. The number of carboxylic acids is 1. The van der Waals surface area contributed by atoms with Gasteiger partial charge in [0.1, 0.15) is 0 Å². The van der Waals surface area contributed by atoms with Crippen LogP contribution in [0.2, 0.25) is 0 Å². The van der Waals surface area contributed by atoms with E-state index in [9.17, 15) is 9.59 Å². The minimum Gasteiger partial charge on any atom is -0.481 e.